The molecule has 2 aromatic heterocycles. The fourth-order valence-corrected chi connectivity index (χ4v) is 3.41. The number of benzene rings is 1. The van der Waals surface area contributed by atoms with Crippen molar-refractivity contribution in [1.29, 1.82) is 0 Å². The maximum Gasteiger partial charge on any atom is 0.266 e. The van der Waals surface area contributed by atoms with Crippen molar-refractivity contribution in [3.05, 3.63) is 53.6 Å². The molecule has 152 valence electrons. The number of halogens is 3. The van der Waals surface area contributed by atoms with Crippen LogP contribution >= 0.6 is 0 Å². The second-order valence-electron chi connectivity index (χ2n) is 6.84. The number of hydrogen-bond donors (Lipinski definition) is 1. The monoisotopic (exact) mass is 403 g/mol. The van der Waals surface area contributed by atoms with Gasteiger partial charge in [-0.2, -0.15) is 5.10 Å². The van der Waals surface area contributed by atoms with Gasteiger partial charge in [0.2, 0.25) is 0 Å². The lowest BCUT2D eigenvalue weighted by molar-refractivity contribution is 0.122. The predicted molar refractivity (Wildman–Crippen MR) is 104 cm³/mol. The summed E-state index contributed by atoms with van der Waals surface area (Å²) < 4.78 is 45.9. The van der Waals surface area contributed by atoms with Gasteiger partial charge in [-0.05, 0) is 13.0 Å². The second kappa shape index (κ2) is 8.20. The first-order valence-corrected chi connectivity index (χ1v) is 9.31. The van der Waals surface area contributed by atoms with E-state index in [1.807, 2.05) is 6.07 Å². The Hall–Kier alpha value is -2.94. The van der Waals surface area contributed by atoms with Crippen LogP contribution in [-0.2, 0) is 4.74 Å². The minimum atomic E-state index is -2.88. The van der Waals surface area contributed by atoms with Gasteiger partial charge in [0.25, 0.3) is 6.43 Å². The molecule has 3 heterocycles. The Morgan fingerprint density at radius 1 is 1.14 bits per heavy atom. The smallest absolute Gasteiger partial charge is 0.266 e. The van der Waals surface area contributed by atoms with Gasteiger partial charge in [0.1, 0.15) is 5.82 Å². The van der Waals surface area contributed by atoms with Crippen LogP contribution in [0.25, 0.3) is 10.9 Å². The Kier molecular flexibility index (Phi) is 5.48. The maximum atomic E-state index is 14.5. The first-order chi connectivity index (χ1) is 14.0. The number of ether oxygens (including phenoxy) is 1. The van der Waals surface area contributed by atoms with Gasteiger partial charge in [0.05, 0.1) is 48.4 Å². The zero-order valence-electron chi connectivity index (χ0n) is 15.8. The van der Waals surface area contributed by atoms with Gasteiger partial charge in [-0.15, -0.1) is 5.10 Å². The fourth-order valence-electron chi connectivity index (χ4n) is 3.41. The summed E-state index contributed by atoms with van der Waals surface area (Å²) in [5, 5.41) is 11.9. The van der Waals surface area contributed by atoms with E-state index < -0.39 is 23.8 Å². The van der Waals surface area contributed by atoms with E-state index >= 15 is 0 Å². The molecule has 1 N–H and O–H groups in total. The largest absolute Gasteiger partial charge is 0.378 e. The average Bonchev–Trinajstić information content (AvgIpc) is 2.74. The molecule has 1 fully saturated rings. The van der Waals surface area contributed by atoms with Crippen molar-refractivity contribution >= 4 is 22.4 Å². The first-order valence-electron chi connectivity index (χ1n) is 9.31. The van der Waals surface area contributed by atoms with Crippen molar-refractivity contribution in [2.24, 2.45) is 0 Å². The highest BCUT2D eigenvalue weighted by Gasteiger charge is 2.20. The minimum absolute atomic E-state index is 0.138. The number of morpholine rings is 1. The van der Waals surface area contributed by atoms with Crippen molar-refractivity contribution < 1.29 is 17.9 Å². The number of aromatic nitrogens is 3. The molecule has 6 nitrogen and oxygen atoms in total. The SMILES string of the molecule is C[C@@H](Nc1nncc2ncc(N3CCOCC3)cc12)c1cccc(C(F)F)c1F. The lowest BCUT2D eigenvalue weighted by atomic mass is 10.0. The molecule has 0 radical (unpaired) electrons. The molecule has 1 aromatic carbocycles. The third-order valence-electron chi connectivity index (χ3n) is 4.99. The van der Waals surface area contributed by atoms with Crippen molar-refractivity contribution in [2.75, 3.05) is 36.5 Å². The predicted octanol–water partition coefficient (Wildman–Crippen LogP) is 4.11. The van der Waals surface area contributed by atoms with Crippen LogP contribution in [0.15, 0.2) is 36.7 Å². The van der Waals surface area contributed by atoms with E-state index in [0.29, 0.717) is 24.5 Å². The topological polar surface area (TPSA) is 63.2 Å². The van der Waals surface area contributed by atoms with Gasteiger partial charge in [-0.3, -0.25) is 4.98 Å². The van der Waals surface area contributed by atoms with Crippen LogP contribution in [0.2, 0.25) is 0 Å². The van der Waals surface area contributed by atoms with E-state index in [-0.39, 0.29) is 5.56 Å². The van der Waals surface area contributed by atoms with E-state index in [0.717, 1.165) is 30.2 Å². The number of rotatable bonds is 5. The summed E-state index contributed by atoms with van der Waals surface area (Å²) in [5.74, 6) is -0.498. The molecule has 0 saturated carbocycles. The van der Waals surface area contributed by atoms with Gasteiger partial charge in [0.15, 0.2) is 5.82 Å². The van der Waals surface area contributed by atoms with Crippen molar-refractivity contribution in [1.82, 2.24) is 15.2 Å². The van der Waals surface area contributed by atoms with Crippen LogP contribution in [0.4, 0.5) is 24.7 Å². The number of nitrogens with zero attached hydrogens (tertiary/aromatic N) is 4. The number of anilines is 2. The molecule has 1 saturated heterocycles. The number of nitrogens with one attached hydrogen (secondary N) is 1. The van der Waals surface area contributed by atoms with E-state index in [9.17, 15) is 13.2 Å². The molecule has 0 unspecified atom stereocenters. The van der Waals surface area contributed by atoms with Crippen LogP contribution in [0, 0.1) is 5.82 Å². The van der Waals surface area contributed by atoms with Crippen LogP contribution in [0.3, 0.4) is 0 Å². The molecule has 3 aromatic rings. The lowest BCUT2D eigenvalue weighted by Gasteiger charge is -2.28. The summed E-state index contributed by atoms with van der Waals surface area (Å²) in [6, 6.07) is 5.34. The number of pyridine rings is 1. The summed E-state index contributed by atoms with van der Waals surface area (Å²) in [6.45, 7) is 4.50. The van der Waals surface area contributed by atoms with Gasteiger partial charge < -0.3 is 15.0 Å². The molecule has 9 heteroatoms. The third-order valence-corrected chi connectivity index (χ3v) is 4.99. The third kappa shape index (κ3) is 3.95. The Bertz CT molecular complexity index is 1010. The van der Waals surface area contributed by atoms with E-state index in [1.54, 1.807) is 19.3 Å². The Morgan fingerprint density at radius 2 is 1.90 bits per heavy atom. The van der Waals surface area contributed by atoms with Gasteiger partial charge in [-0.1, -0.05) is 18.2 Å². The van der Waals surface area contributed by atoms with Crippen LogP contribution < -0.4 is 10.2 Å². The van der Waals surface area contributed by atoms with E-state index in [4.69, 9.17) is 4.74 Å². The summed E-state index contributed by atoms with van der Waals surface area (Å²) in [5.41, 5.74) is 1.08. The molecule has 0 aliphatic carbocycles. The Labute approximate surface area is 165 Å². The van der Waals surface area contributed by atoms with Gasteiger partial charge >= 0.3 is 0 Å². The number of alkyl halides is 2. The number of fused-ring (bicyclic) bond motifs is 1. The normalized spacial score (nSPS) is 15.7. The molecule has 4 rings (SSSR count). The van der Waals surface area contributed by atoms with Crippen molar-refractivity contribution in [2.45, 2.75) is 19.4 Å². The van der Waals surface area contributed by atoms with E-state index in [2.05, 4.69) is 25.4 Å². The molecule has 1 atom stereocenters. The maximum absolute atomic E-state index is 14.5. The summed E-state index contributed by atoms with van der Waals surface area (Å²) in [6.07, 6.45) is 0.445. The molecule has 0 bridgehead atoms. The standard InChI is InChI=1S/C20H20F3N5O/c1-12(14-3-2-4-15(18(14)21)19(22)23)26-20-16-9-13(28-5-7-29-8-6-28)10-24-17(16)11-25-27-20/h2-4,9-12,19H,5-8H2,1H3,(H,26,27)/t12-/m1/s1. The second-order valence-corrected chi connectivity index (χ2v) is 6.84. The highest BCUT2D eigenvalue weighted by atomic mass is 19.3. The molecule has 1 aliphatic rings. The van der Waals surface area contributed by atoms with Crippen LogP contribution in [-0.4, -0.2) is 41.5 Å². The molecular formula is C20H20F3N5O. The highest BCUT2D eigenvalue weighted by Crippen LogP contribution is 2.31. The quantitative estimate of drug-likeness (QED) is 0.692. The summed E-state index contributed by atoms with van der Waals surface area (Å²) in [4.78, 5) is 6.62. The number of hydrogen-bond acceptors (Lipinski definition) is 6. The summed E-state index contributed by atoms with van der Waals surface area (Å²) >= 11 is 0. The van der Waals surface area contributed by atoms with Gasteiger partial charge in [0, 0.05) is 24.0 Å². The Balaban J connectivity index is 1.66. The first kappa shape index (κ1) is 19.4. The highest BCUT2D eigenvalue weighted by molar-refractivity contribution is 5.90. The van der Waals surface area contributed by atoms with Crippen molar-refractivity contribution in [3.8, 4) is 0 Å². The molecule has 0 spiro atoms. The zero-order valence-corrected chi connectivity index (χ0v) is 15.8. The van der Waals surface area contributed by atoms with Gasteiger partial charge in [-0.25, -0.2) is 13.2 Å². The molecule has 0 amide bonds. The fraction of sp³-hybridized carbons (Fsp3) is 0.350. The zero-order chi connectivity index (χ0) is 20.4. The van der Waals surface area contributed by atoms with Crippen molar-refractivity contribution in [3.63, 3.8) is 0 Å². The lowest BCUT2D eigenvalue weighted by Crippen LogP contribution is -2.36. The Morgan fingerprint density at radius 3 is 2.66 bits per heavy atom. The van der Waals surface area contributed by atoms with Crippen LogP contribution in [0.5, 0.6) is 0 Å². The van der Waals surface area contributed by atoms with Crippen LogP contribution in [0.1, 0.15) is 30.5 Å². The summed E-state index contributed by atoms with van der Waals surface area (Å²) in [7, 11) is 0. The molecular weight excluding hydrogens is 383 g/mol. The average molecular weight is 403 g/mol. The minimum Gasteiger partial charge on any atom is -0.378 e. The molecule has 1 aliphatic heterocycles. The molecule has 29 heavy (non-hydrogen) atoms. The van der Waals surface area contributed by atoms with E-state index in [1.165, 1.54) is 12.1 Å².